The first-order chi connectivity index (χ1) is 10.8. The van der Waals surface area contributed by atoms with Crippen LogP contribution in [-0.4, -0.2) is 15.7 Å². The summed E-state index contributed by atoms with van der Waals surface area (Å²) >= 11 is 5.83. The maximum atomic E-state index is 5.83. The minimum absolute atomic E-state index is 0.586. The van der Waals surface area contributed by atoms with Crippen LogP contribution in [0.1, 0.15) is 11.3 Å². The number of anilines is 1. The molecule has 0 bridgehead atoms. The highest BCUT2D eigenvalue weighted by Gasteiger charge is 2.07. The Morgan fingerprint density at radius 2 is 1.73 bits per heavy atom. The fourth-order valence-electron chi connectivity index (χ4n) is 1.92. The van der Waals surface area contributed by atoms with Crippen molar-refractivity contribution in [2.75, 3.05) is 5.43 Å². The monoisotopic (exact) mass is 308 g/mol. The molecule has 1 aromatic carbocycles. The van der Waals surface area contributed by atoms with Crippen LogP contribution in [0.5, 0.6) is 0 Å². The molecule has 22 heavy (non-hydrogen) atoms. The number of halogens is 1. The van der Waals surface area contributed by atoms with Crippen molar-refractivity contribution < 1.29 is 0 Å². The van der Waals surface area contributed by atoms with Gasteiger partial charge in [-0.2, -0.15) is 5.10 Å². The summed E-state index contributed by atoms with van der Waals surface area (Å²) in [4.78, 5) is 8.54. The molecule has 0 atom stereocenters. The van der Waals surface area contributed by atoms with Gasteiger partial charge in [-0.25, -0.2) is 4.98 Å². The van der Waals surface area contributed by atoms with E-state index in [1.807, 2.05) is 48.5 Å². The predicted octanol–water partition coefficient (Wildman–Crippen LogP) is 3.99. The molecule has 0 aliphatic rings. The Balaban J connectivity index is 1.95. The molecule has 0 aliphatic carbocycles. The normalized spacial score (nSPS) is 11.2. The van der Waals surface area contributed by atoms with Gasteiger partial charge in [0.25, 0.3) is 0 Å². The van der Waals surface area contributed by atoms with E-state index in [1.165, 1.54) is 0 Å². The van der Waals surface area contributed by atoms with Crippen LogP contribution in [-0.2, 0) is 0 Å². The van der Waals surface area contributed by atoms with Gasteiger partial charge < -0.3 is 0 Å². The fraction of sp³-hybridized carbons (Fsp3) is 0. The third kappa shape index (κ3) is 3.48. The van der Waals surface area contributed by atoms with Crippen molar-refractivity contribution in [3.8, 4) is 0 Å². The lowest BCUT2D eigenvalue weighted by atomic mass is 10.1. The number of hydrogen-bond donors (Lipinski definition) is 1. The van der Waals surface area contributed by atoms with Crippen molar-refractivity contribution in [2.24, 2.45) is 5.10 Å². The number of aromatic nitrogens is 2. The maximum Gasteiger partial charge on any atom is 0.146 e. The van der Waals surface area contributed by atoms with Gasteiger partial charge in [-0.15, -0.1) is 0 Å². The number of rotatable bonds is 4. The van der Waals surface area contributed by atoms with Crippen molar-refractivity contribution in [2.45, 2.75) is 0 Å². The molecule has 4 nitrogen and oxygen atoms in total. The van der Waals surface area contributed by atoms with E-state index in [2.05, 4.69) is 20.5 Å². The fourth-order valence-corrected chi connectivity index (χ4v) is 2.04. The van der Waals surface area contributed by atoms with Crippen molar-refractivity contribution in [3.63, 3.8) is 0 Å². The number of benzene rings is 1. The molecule has 0 radical (unpaired) electrons. The van der Waals surface area contributed by atoms with Crippen molar-refractivity contribution in [1.29, 1.82) is 0 Å². The van der Waals surface area contributed by atoms with E-state index in [4.69, 9.17) is 11.6 Å². The zero-order valence-electron chi connectivity index (χ0n) is 11.6. The van der Waals surface area contributed by atoms with E-state index in [0.29, 0.717) is 10.8 Å². The number of nitrogens with one attached hydrogen (secondary N) is 1. The van der Waals surface area contributed by atoms with E-state index in [0.717, 1.165) is 17.0 Å². The van der Waals surface area contributed by atoms with Gasteiger partial charge in [0.2, 0.25) is 0 Å². The summed E-state index contributed by atoms with van der Waals surface area (Å²) in [5.41, 5.74) is 5.46. The van der Waals surface area contributed by atoms with Crippen LogP contribution < -0.4 is 5.43 Å². The summed E-state index contributed by atoms with van der Waals surface area (Å²) in [6, 6.07) is 19.1. The summed E-state index contributed by atoms with van der Waals surface area (Å²) < 4.78 is 0. The summed E-state index contributed by atoms with van der Waals surface area (Å²) in [5, 5.41) is 5.05. The highest BCUT2D eigenvalue weighted by molar-refractivity contribution is 6.30. The van der Waals surface area contributed by atoms with Crippen LogP contribution in [0.4, 0.5) is 5.82 Å². The van der Waals surface area contributed by atoms with Crippen molar-refractivity contribution in [3.05, 3.63) is 89.3 Å². The molecule has 5 heteroatoms. The van der Waals surface area contributed by atoms with Gasteiger partial charge in [0, 0.05) is 18.0 Å². The molecule has 3 rings (SSSR count). The minimum Gasteiger partial charge on any atom is -0.261 e. The van der Waals surface area contributed by atoms with Gasteiger partial charge in [-0.3, -0.25) is 10.4 Å². The topological polar surface area (TPSA) is 50.2 Å². The molecule has 0 saturated carbocycles. The smallest absolute Gasteiger partial charge is 0.146 e. The average Bonchev–Trinajstić information content (AvgIpc) is 2.59. The summed E-state index contributed by atoms with van der Waals surface area (Å²) in [6.07, 6.45) is 3.32. The first-order valence-electron chi connectivity index (χ1n) is 6.75. The number of pyridine rings is 2. The van der Waals surface area contributed by atoms with E-state index in [9.17, 15) is 0 Å². The maximum absolute atomic E-state index is 5.83. The number of nitrogens with zero attached hydrogens (tertiary/aromatic N) is 3. The van der Waals surface area contributed by atoms with Gasteiger partial charge in [0.05, 0.1) is 10.7 Å². The molecular weight excluding hydrogens is 296 g/mol. The third-order valence-electron chi connectivity index (χ3n) is 2.96. The molecule has 2 heterocycles. The van der Waals surface area contributed by atoms with Crippen LogP contribution in [0.25, 0.3) is 0 Å². The zero-order valence-corrected chi connectivity index (χ0v) is 12.4. The highest BCUT2D eigenvalue weighted by Crippen LogP contribution is 2.12. The van der Waals surface area contributed by atoms with E-state index >= 15 is 0 Å². The van der Waals surface area contributed by atoms with E-state index < -0.39 is 0 Å². The Morgan fingerprint density at radius 3 is 2.41 bits per heavy atom. The SMILES string of the molecule is Clc1ccc(N/N=C(\c2ccccc2)c2ccccn2)nc1. The molecule has 3 aromatic rings. The number of hydrazone groups is 1. The molecule has 0 unspecified atom stereocenters. The largest absolute Gasteiger partial charge is 0.261 e. The second-order valence-corrected chi connectivity index (χ2v) is 4.95. The van der Waals surface area contributed by atoms with E-state index in [-0.39, 0.29) is 0 Å². The first kappa shape index (κ1) is 14.2. The van der Waals surface area contributed by atoms with Crippen LogP contribution in [0.15, 0.2) is 78.2 Å². The molecular formula is C17H13ClN4. The lowest BCUT2D eigenvalue weighted by Gasteiger charge is -2.07. The first-order valence-corrected chi connectivity index (χ1v) is 7.13. The zero-order chi connectivity index (χ0) is 15.2. The summed E-state index contributed by atoms with van der Waals surface area (Å²) in [6.45, 7) is 0. The highest BCUT2D eigenvalue weighted by atomic mass is 35.5. The molecule has 0 aliphatic heterocycles. The van der Waals surface area contributed by atoms with Gasteiger partial charge in [0.15, 0.2) is 0 Å². The second-order valence-electron chi connectivity index (χ2n) is 4.51. The van der Waals surface area contributed by atoms with E-state index in [1.54, 1.807) is 24.5 Å². The Bertz CT molecular complexity index is 714. The van der Waals surface area contributed by atoms with Crippen LogP contribution >= 0.6 is 11.6 Å². The quantitative estimate of drug-likeness (QED) is 0.585. The summed E-state index contributed by atoms with van der Waals surface area (Å²) in [7, 11) is 0. The second kappa shape index (κ2) is 6.83. The minimum atomic E-state index is 0.586. The molecule has 0 fully saturated rings. The molecule has 2 aromatic heterocycles. The van der Waals surface area contributed by atoms with Gasteiger partial charge in [-0.1, -0.05) is 48.0 Å². The lowest BCUT2D eigenvalue weighted by Crippen LogP contribution is -2.08. The van der Waals surface area contributed by atoms with Crippen LogP contribution in [0.3, 0.4) is 0 Å². The third-order valence-corrected chi connectivity index (χ3v) is 3.19. The van der Waals surface area contributed by atoms with Crippen molar-refractivity contribution >= 4 is 23.1 Å². The number of hydrogen-bond acceptors (Lipinski definition) is 4. The van der Waals surface area contributed by atoms with Crippen molar-refractivity contribution in [1.82, 2.24) is 9.97 Å². The van der Waals surface area contributed by atoms with Gasteiger partial charge >= 0.3 is 0 Å². The lowest BCUT2D eigenvalue weighted by molar-refractivity contribution is 1.21. The molecule has 0 amide bonds. The predicted molar refractivity (Wildman–Crippen MR) is 89.2 cm³/mol. The standard InChI is InChI=1S/C17H13ClN4/c18-14-9-10-16(20-12-14)21-22-17(13-6-2-1-3-7-13)15-8-4-5-11-19-15/h1-12H,(H,20,21)/b22-17+. The molecule has 1 N–H and O–H groups in total. The average molecular weight is 309 g/mol. The molecule has 0 spiro atoms. The molecule has 0 saturated heterocycles. The van der Waals surface area contributed by atoms with Gasteiger partial charge in [0.1, 0.15) is 11.5 Å². The van der Waals surface area contributed by atoms with Crippen LogP contribution in [0, 0.1) is 0 Å². The Hall–Kier alpha value is -2.72. The Morgan fingerprint density at radius 1 is 0.909 bits per heavy atom. The Kier molecular flexibility index (Phi) is 4.41. The molecule has 108 valence electrons. The van der Waals surface area contributed by atoms with Gasteiger partial charge in [-0.05, 0) is 24.3 Å². The Labute approximate surface area is 133 Å². The van der Waals surface area contributed by atoms with Crippen LogP contribution in [0.2, 0.25) is 5.02 Å². The summed E-state index contributed by atoms with van der Waals surface area (Å²) in [5.74, 6) is 0.619.